The Morgan fingerprint density at radius 1 is 0.968 bits per heavy atom. The maximum atomic E-state index is 12.5. The Morgan fingerprint density at radius 3 is 2.48 bits per heavy atom. The molecule has 0 bridgehead atoms. The number of benzene rings is 2. The Morgan fingerprint density at radius 2 is 1.77 bits per heavy atom. The average molecular weight is 414 g/mol. The van der Waals surface area contributed by atoms with Crippen LogP contribution in [0, 0.1) is 19.8 Å². The normalized spacial score (nSPS) is 13.3. The zero-order valence-electron chi connectivity index (χ0n) is 19.5. The number of aryl methyl sites for hydroxylation is 3. The summed E-state index contributed by atoms with van der Waals surface area (Å²) in [6, 6.07) is 13.2. The largest absolute Gasteiger partial charge is 0.324 e. The molecule has 0 unspecified atom stereocenters. The third-order valence-corrected chi connectivity index (χ3v) is 7.14. The molecule has 1 aliphatic carbocycles. The summed E-state index contributed by atoms with van der Waals surface area (Å²) >= 11 is 0. The highest BCUT2D eigenvalue weighted by atomic mass is 16.1. The summed E-state index contributed by atoms with van der Waals surface area (Å²) in [5.41, 5.74) is 9.96. The first-order chi connectivity index (χ1) is 15.0. The van der Waals surface area contributed by atoms with Gasteiger partial charge in [-0.2, -0.15) is 0 Å². The van der Waals surface area contributed by atoms with E-state index in [-0.39, 0.29) is 0 Å². The van der Waals surface area contributed by atoms with Crippen molar-refractivity contribution in [2.45, 2.75) is 72.6 Å². The second-order valence-corrected chi connectivity index (χ2v) is 9.22. The molecule has 0 amide bonds. The molecule has 4 rings (SSSR count). The summed E-state index contributed by atoms with van der Waals surface area (Å²) in [6.45, 7) is 8.93. The van der Waals surface area contributed by atoms with Crippen LogP contribution in [0.1, 0.15) is 78.6 Å². The van der Waals surface area contributed by atoms with Crippen LogP contribution in [0.25, 0.3) is 16.8 Å². The fourth-order valence-electron chi connectivity index (χ4n) is 5.12. The van der Waals surface area contributed by atoms with Crippen molar-refractivity contribution >= 4 is 5.78 Å². The van der Waals surface area contributed by atoms with Crippen LogP contribution in [-0.4, -0.2) is 10.4 Å². The lowest BCUT2D eigenvalue weighted by molar-refractivity contribution is 0.0994. The Kier molecular flexibility index (Phi) is 6.46. The lowest BCUT2D eigenvalue weighted by Crippen LogP contribution is -2.03. The van der Waals surface area contributed by atoms with Gasteiger partial charge in [0.05, 0.1) is 0 Å². The molecule has 1 heterocycles. The molecule has 2 nitrogen and oxygen atoms in total. The second kappa shape index (κ2) is 9.26. The smallest absolute Gasteiger partial charge is 0.163 e. The van der Waals surface area contributed by atoms with Crippen molar-refractivity contribution in [1.82, 2.24) is 4.57 Å². The van der Waals surface area contributed by atoms with Crippen LogP contribution in [0.15, 0.2) is 48.8 Å². The summed E-state index contributed by atoms with van der Waals surface area (Å²) in [5, 5.41) is 0. The van der Waals surface area contributed by atoms with Crippen LogP contribution in [0.5, 0.6) is 0 Å². The van der Waals surface area contributed by atoms with Crippen LogP contribution in [0.2, 0.25) is 0 Å². The van der Waals surface area contributed by atoms with Gasteiger partial charge in [-0.15, -0.1) is 0 Å². The number of rotatable bonds is 8. The summed E-state index contributed by atoms with van der Waals surface area (Å²) < 4.78 is 2.19. The minimum absolute atomic E-state index is 0.301. The highest BCUT2D eigenvalue weighted by Crippen LogP contribution is 2.38. The van der Waals surface area contributed by atoms with E-state index in [1.54, 1.807) is 0 Å². The third kappa shape index (κ3) is 4.39. The molecule has 0 radical (unpaired) electrons. The van der Waals surface area contributed by atoms with Gasteiger partial charge in [0, 0.05) is 30.1 Å². The van der Waals surface area contributed by atoms with Gasteiger partial charge >= 0.3 is 0 Å². The number of nitrogens with zero attached hydrogens (tertiary/aromatic N) is 1. The molecule has 2 heteroatoms. The summed E-state index contributed by atoms with van der Waals surface area (Å²) in [7, 11) is 0. The van der Waals surface area contributed by atoms with Crippen molar-refractivity contribution in [1.29, 1.82) is 0 Å². The third-order valence-electron chi connectivity index (χ3n) is 7.14. The van der Waals surface area contributed by atoms with Gasteiger partial charge in [-0.1, -0.05) is 51.3 Å². The van der Waals surface area contributed by atoms with E-state index < -0.39 is 0 Å². The first kappa shape index (κ1) is 21.6. The maximum absolute atomic E-state index is 12.5. The second-order valence-electron chi connectivity index (χ2n) is 9.22. The number of aromatic nitrogens is 1. The van der Waals surface area contributed by atoms with Crippen molar-refractivity contribution in [3.8, 4) is 16.8 Å². The van der Waals surface area contributed by atoms with E-state index in [0.717, 1.165) is 24.3 Å². The summed E-state index contributed by atoms with van der Waals surface area (Å²) in [6.07, 6.45) is 11.9. The topological polar surface area (TPSA) is 22.0 Å². The molecule has 1 aliphatic rings. The number of carbonyl (C=O) groups excluding carboxylic acids is 1. The maximum Gasteiger partial charge on any atom is 0.163 e. The predicted octanol–water partition coefficient (Wildman–Crippen LogP) is 7.65. The minimum atomic E-state index is 0.301. The van der Waals surface area contributed by atoms with E-state index in [1.165, 1.54) is 64.8 Å². The number of Topliss-reactive ketones (excluding diaryl/α,β-unsaturated/α-hetero) is 1. The molecule has 31 heavy (non-hydrogen) atoms. The van der Waals surface area contributed by atoms with Crippen molar-refractivity contribution in [3.05, 3.63) is 76.6 Å². The van der Waals surface area contributed by atoms with E-state index >= 15 is 0 Å². The van der Waals surface area contributed by atoms with Gasteiger partial charge in [-0.3, -0.25) is 4.79 Å². The van der Waals surface area contributed by atoms with Gasteiger partial charge in [0.1, 0.15) is 0 Å². The SMILES string of the molecule is CCC(CC)CCCc1ccc2c(c1-c1cc(-n3ccc(C)c3)ccc1C)CCC2=O. The number of ketones is 1. The monoisotopic (exact) mass is 413 g/mol. The van der Waals surface area contributed by atoms with Gasteiger partial charge in [-0.05, 0) is 90.6 Å². The van der Waals surface area contributed by atoms with Crippen molar-refractivity contribution in [3.63, 3.8) is 0 Å². The Balaban J connectivity index is 1.77. The van der Waals surface area contributed by atoms with Gasteiger partial charge in [0.15, 0.2) is 5.78 Å². The molecular weight excluding hydrogens is 378 g/mol. The number of hydrogen-bond acceptors (Lipinski definition) is 1. The number of fused-ring (bicyclic) bond motifs is 1. The van der Waals surface area contributed by atoms with Crippen molar-refractivity contribution < 1.29 is 4.79 Å². The molecule has 0 N–H and O–H groups in total. The molecule has 1 aromatic heterocycles. The molecule has 3 aromatic rings. The quantitative estimate of drug-likeness (QED) is 0.372. The predicted molar refractivity (Wildman–Crippen MR) is 130 cm³/mol. The fourth-order valence-corrected chi connectivity index (χ4v) is 5.12. The van der Waals surface area contributed by atoms with Gasteiger partial charge < -0.3 is 4.57 Å². The lowest BCUT2D eigenvalue weighted by Gasteiger charge is -2.19. The first-order valence-corrected chi connectivity index (χ1v) is 12.0. The molecule has 0 saturated heterocycles. The fraction of sp³-hybridized carbons (Fsp3) is 0.414. The van der Waals surface area contributed by atoms with E-state index in [9.17, 15) is 4.79 Å². The Labute approximate surface area is 187 Å². The van der Waals surface area contributed by atoms with Crippen LogP contribution in [-0.2, 0) is 12.8 Å². The molecule has 0 spiro atoms. The zero-order valence-corrected chi connectivity index (χ0v) is 19.5. The molecule has 0 saturated carbocycles. The van der Waals surface area contributed by atoms with E-state index in [1.807, 2.05) is 0 Å². The van der Waals surface area contributed by atoms with Crippen molar-refractivity contribution in [2.24, 2.45) is 5.92 Å². The van der Waals surface area contributed by atoms with Crippen LogP contribution in [0.4, 0.5) is 0 Å². The lowest BCUT2D eigenvalue weighted by atomic mass is 9.86. The van der Waals surface area contributed by atoms with E-state index in [0.29, 0.717) is 12.2 Å². The van der Waals surface area contributed by atoms with Gasteiger partial charge in [0.2, 0.25) is 0 Å². The van der Waals surface area contributed by atoms with Crippen LogP contribution in [0.3, 0.4) is 0 Å². The molecule has 162 valence electrons. The Bertz CT molecular complexity index is 1080. The van der Waals surface area contributed by atoms with Gasteiger partial charge in [0.25, 0.3) is 0 Å². The molecule has 0 atom stereocenters. The summed E-state index contributed by atoms with van der Waals surface area (Å²) in [4.78, 5) is 12.5. The average Bonchev–Trinajstić information content (AvgIpc) is 3.37. The number of carbonyl (C=O) groups is 1. The zero-order chi connectivity index (χ0) is 22.0. The van der Waals surface area contributed by atoms with Crippen LogP contribution < -0.4 is 0 Å². The molecular formula is C29H35NO. The highest BCUT2D eigenvalue weighted by Gasteiger charge is 2.25. The van der Waals surface area contributed by atoms with E-state index in [4.69, 9.17) is 0 Å². The highest BCUT2D eigenvalue weighted by molar-refractivity contribution is 6.03. The van der Waals surface area contributed by atoms with Crippen molar-refractivity contribution in [2.75, 3.05) is 0 Å². The Hall–Kier alpha value is -2.61. The standard InChI is InChI=1S/C29H35NO/c1-5-22(6-2)8-7-9-23-11-13-25-26(14-15-28(25)31)29(23)27-18-24(12-10-21(27)4)30-17-16-20(3)19-30/h10-13,16-19,22H,5-9,14-15H2,1-4H3. The van der Waals surface area contributed by atoms with Crippen LogP contribution >= 0.6 is 0 Å². The number of hydrogen-bond donors (Lipinski definition) is 0. The van der Waals surface area contributed by atoms with Gasteiger partial charge in [-0.25, -0.2) is 0 Å². The molecule has 0 fully saturated rings. The first-order valence-electron chi connectivity index (χ1n) is 12.0. The van der Waals surface area contributed by atoms with E-state index in [2.05, 4.69) is 81.1 Å². The summed E-state index contributed by atoms with van der Waals surface area (Å²) in [5.74, 6) is 1.12. The minimum Gasteiger partial charge on any atom is -0.324 e. The molecule has 2 aromatic carbocycles. The molecule has 0 aliphatic heterocycles.